The summed E-state index contributed by atoms with van der Waals surface area (Å²) in [6, 6.07) is 9.32. The fourth-order valence-corrected chi connectivity index (χ4v) is 2.78. The van der Waals surface area contributed by atoms with E-state index in [4.69, 9.17) is 11.6 Å². The molecule has 2 aromatic carbocycles. The normalized spacial score (nSPS) is 11.4. The molecular formula is C18H16ClFN2O2. The highest BCUT2D eigenvalue weighted by Crippen LogP contribution is 2.27. The van der Waals surface area contributed by atoms with Gasteiger partial charge >= 0.3 is 5.97 Å². The van der Waals surface area contributed by atoms with E-state index in [9.17, 15) is 14.3 Å². The number of nitrogens with zero attached hydrogens (tertiary/aromatic N) is 2. The molecule has 0 fully saturated rings. The number of carboxylic acids is 1. The molecule has 0 aliphatic carbocycles. The highest BCUT2D eigenvalue weighted by molar-refractivity contribution is 6.30. The zero-order chi connectivity index (χ0) is 17.4. The van der Waals surface area contributed by atoms with Crippen molar-refractivity contribution in [2.24, 2.45) is 5.92 Å². The first-order valence-corrected chi connectivity index (χ1v) is 7.95. The Morgan fingerprint density at radius 2 is 2.04 bits per heavy atom. The van der Waals surface area contributed by atoms with E-state index in [1.807, 2.05) is 0 Å². The molecular weight excluding hydrogens is 331 g/mol. The fourth-order valence-electron chi connectivity index (χ4n) is 2.66. The van der Waals surface area contributed by atoms with Gasteiger partial charge in [-0.15, -0.1) is 0 Å². The molecule has 1 aromatic heterocycles. The Balaban J connectivity index is 2.24. The smallest absolute Gasteiger partial charge is 0.335 e. The number of rotatable bonds is 4. The molecule has 0 amide bonds. The highest BCUT2D eigenvalue weighted by Gasteiger charge is 2.16. The lowest BCUT2D eigenvalue weighted by Crippen LogP contribution is -2.00. The quantitative estimate of drug-likeness (QED) is 0.744. The van der Waals surface area contributed by atoms with Crippen LogP contribution in [-0.4, -0.2) is 20.9 Å². The summed E-state index contributed by atoms with van der Waals surface area (Å²) in [6.45, 7) is 4.13. The van der Waals surface area contributed by atoms with Crippen LogP contribution in [-0.2, 0) is 6.42 Å². The van der Waals surface area contributed by atoms with Crippen LogP contribution in [0.1, 0.15) is 29.9 Å². The van der Waals surface area contributed by atoms with Gasteiger partial charge in [-0.2, -0.15) is 5.10 Å². The molecule has 3 rings (SSSR count). The highest BCUT2D eigenvalue weighted by atomic mass is 35.5. The molecule has 0 aliphatic heterocycles. The molecule has 0 spiro atoms. The Bertz CT molecular complexity index is 934. The summed E-state index contributed by atoms with van der Waals surface area (Å²) in [5, 5.41) is 14.6. The van der Waals surface area contributed by atoms with Gasteiger partial charge in [0.2, 0.25) is 0 Å². The van der Waals surface area contributed by atoms with Gasteiger partial charge in [-0.3, -0.25) is 0 Å². The second kappa shape index (κ2) is 6.24. The number of benzene rings is 2. The Kier molecular flexibility index (Phi) is 4.28. The summed E-state index contributed by atoms with van der Waals surface area (Å²) in [6.07, 6.45) is 0.697. The standard InChI is InChI=1S/C18H16ClFN2O2/c1-10(2)7-16-13-8-11(18(23)24)3-6-17(13)22(21-16)12-4-5-14(19)15(20)9-12/h3-6,8-10H,7H2,1-2H3,(H,23,24). The molecule has 1 N–H and O–H groups in total. The lowest BCUT2D eigenvalue weighted by Gasteiger charge is -2.05. The van der Waals surface area contributed by atoms with Gasteiger partial charge in [-0.05, 0) is 42.7 Å². The van der Waals surface area contributed by atoms with Crippen LogP contribution in [0.5, 0.6) is 0 Å². The molecule has 0 bridgehead atoms. The number of hydrogen-bond acceptors (Lipinski definition) is 2. The van der Waals surface area contributed by atoms with Crippen molar-refractivity contribution >= 4 is 28.5 Å². The summed E-state index contributed by atoms with van der Waals surface area (Å²) >= 11 is 5.75. The van der Waals surface area contributed by atoms with Gasteiger partial charge in [0.15, 0.2) is 0 Å². The van der Waals surface area contributed by atoms with Crippen molar-refractivity contribution in [3.63, 3.8) is 0 Å². The van der Waals surface area contributed by atoms with E-state index in [2.05, 4.69) is 18.9 Å². The SMILES string of the molecule is CC(C)Cc1nn(-c2ccc(Cl)c(F)c2)c2ccc(C(=O)O)cc12. The number of carboxylic acid groups (broad SMARTS) is 1. The Hall–Kier alpha value is -2.40. The Morgan fingerprint density at radius 3 is 2.67 bits per heavy atom. The van der Waals surface area contributed by atoms with Crippen LogP contribution in [0, 0.1) is 11.7 Å². The second-order valence-electron chi connectivity index (χ2n) is 6.09. The average Bonchev–Trinajstić information content (AvgIpc) is 2.87. The third-order valence-electron chi connectivity index (χ3n) is 3.75. The minimum absolute atomic E-state index is 0.0470. The third kappa shape index (κ3) is 2.99. The first kappa shape index (κ1) is 16.5. The van der Waals surface area contributed by atoms with Gasteiger partial charge in [0.05, 0.1) is 27.5 Å². The van der Waals surface area contributed by atoms with Crippen LogP contribution < -0.4 is 0 Å². The predicted molar refractivity (Wildman–Crippen MR) is 91.5 cm³/mol. The number of aromatic nitrogens is 2. The molecule has 1 heterocycles. The van der Waals surface area contributed by atoms with E-state index in [1.54, 1.807) is 22.9 Å². The first-order chi connectivity index (χ1) is 11.4. The summed E-state index contributed by atoms with van der Waals surface area (Å²) in [5.74, 6) is -1.16. The van der Waals surface area contributed by atoms with Gasteiger partial charge in [0.1, 0.15) is 5.82 Å². The third-order valence-corrected chi connectivity index (χ3v) is 4.06. The fraction of sp³-hybridized carbons (Fsp3) is 0.222. The Labute approximate surface area is 143 Å². The summed E-state index contributed by atoms with van der Waals surface area (Å²) in [4.78, 5) is 11.2. The van der Waals surface area contributed by atoms with Gasteiger partial charge in [-0.1, -0.05) is 25.4 Å². The van der Waals surface area contributed by atoms with Crippen molar-refractivity contribution in [2.45, 2.75) is 20.3 Å². The Morgan fingerprint density at radius 1 is 1.29 bits per heavy atom. The van der Waals surface area contributed by atoms with Crippen LogP contribution in [0.25, 0.3) is 16.6 Å². The number of aromatic carboxylic acids is 1. The lowest BCUT2D eigenvalue weighted by molar-refractivity contribution is 0.0697. The number of hydrogen-bond donors (Lipinski definition) is 1. The molecule has 24 heavy (non-hydrogen) atoms. The van der Waals surface area contributed by atoms with Crippen molar-refractivity contribution in [3.05, 3.63) is 58.5 Å². The van der Waals surface area contributed by atoms with Crippen LogP contribution in [0.3, 0.4) is 0 Å². The maximum absolute atomic E-state index is 13.8. The molecule has 0 saturated heterocycles. The number of halogens is 2. The molecule has 0 aliphatic rings. The molecule has 0 radical (unpaired) electrons. The molecule has 3 aromatic rings. The minimum atomic E-state index is -0.988. The van der Waals surface area contributed by atoms with Gasteiger partial charge in [0.25, 0.3) is 0 Å². The number of fused-ring (bicyclic) bond motifs is 1. The maximum Gasteiger partial charge on any atom is 0.335 e. The molecule has 0 unspecified atom stereocenters. The first-order valence-electron chi connectivity index (χ1n) is 7.57. The van der Waals surface area contributed by atoms with Gasteiger partial charge in [0, 0.05) is 11.5 Å². The second-order valence-corrected chi connectivity index (χ2v) is 6.50. The van der Waals surface area contributed by atoms with Crippen molar-refractivity contribution in [3.8, 4) is 5.69 Å². The van der Waals surface area contributed by atoms with E-state index < -0.39 is 11.8 Å². The molecule has 0 atom stereocenters. The van der Waals surface area contributed by atoms with Crippen molar-refractivity contribution in [2.75, 3.05) is 0 Å². The van der Waals surface area contributed by atoms with Crippen molar-refractivity contribution < 1.29 is 14.3 Å². The molecule has 124 valence electrons. The van der Waals surface area contributed by atoms with Gasteiger partial charge in [-0.25, -0.2) is 13.9 Å². The maximum atomic E-state index is 13.8. The molecule has 6 heteroatoms. The minimum Gasteiger partial charge on any atom is -0.478 e. The average molecular weight is 347 g/mol. The zero-order valence-corrected chi connectivity index (χ0v) is 14.0. The van der Waals surface area contributed by atoms with E-state index in [0.29, 0.717) is 18.0 Å². The van der Waals surface area contributed by atoms with E-state index in [-0.39, 0.29) is 10.6 Å². The predicted octanol–water partition coefficient (Wildman–Crippen LogP) is 4.71. The van der Waals surface area contributed by atoms with Crippen LogP contribution in [0.15, 0.2) is 36.4 Å². The van der Waals surface area contributed by atoms with Crippen LogP contribution in [0.4, 0.5) is 4.39 Å². The number of carbonyl (C=O) groups is 1. The topological polar surface area (TPSA) is 55.1 Å². The lowest BCUT2D eigenvalue weighted by atomic mass is 10.0. The summed E-state index contributed by atoms with van der Waals surface area (Å²) in [7, 11) is 0. The molecule has 0 saturated carbocycles. The van der Waals surface area contributed by atoms with Crippen LogP contribution >= 0.6 is 11.6 Å². The van der Waals surface area contributed by atoms with Crippen molar-refractivity contribution in [1.29, 1.82) is 0 Å². The van der Waals surface area contributed by atoms with Gasteiger partial charge < -0.3 is 5.11 Å². The monoisotopic (exact) mass is 346 g/mol. The summed E-state index contributed by atoms with van der Waals surface area (Å²) in [5.41, 5.74) is 2.27. The van der Waals surface area contributed by atoms with E-state index in [1.165, 1.54) is 18.2 Å². The van der Waals surface area contributed by atoms with E-state index in [0.717, 1.165) is 16.6 Å². The van der Waals surface area contributed by atoms with Crippen molar-refractivity contribution in [1.82, 2.24) is 9.78 Å². The van der Waals surface area contributed by atoms with E-state index >= 15 is 0 Å². The van der Waals surface area contributed by atoms with Crippen LogP contribution in [0.2, 0.25) is 5.02 Å². The molecule has 4 nitrogen and oxygen atoms in total. The largest absolute Gasteiger partial charge is 0.478 e. The zero-order valence-electron chi connectivity index (χ0n) is 13.3. The summed E-state index contributed by atoms with van der Waals surface area (Å²) < 4.78 is 15.4.